The van der Waals surface area contributed by atoms with Crippen molar-refractivity contribution in [3.63, 3.8) is 0 Å². The highest BCUT2D eigenvalue weighted by Gasteiger charge is 2.41. The summed E-state index contributed by atoms with van der Waals surface area (Å²) < 4.78 is 0. The van der Waals surface area contributed by atoms with E-state index in [0.29, 0.717) is 6.42 Å². The van der Waals surface area contributed by atoms with Gasteiger partial charge >= 0.3 is 0 Å². The number of carbonyl (C=O) groups is 2. The van der Waals surface area contributed by atoms with Crippen molar-refractivity contribution in [2.45, 2.75) is 70.6 Å². The van der Waals surface area contributed by atoms with Crippen LogP contribution in [-0.2, 0) is 27.8 Å². The third-order valence-corrected chi connectivity index (χ3v) is 8.10. The molecule has 2 fully saturated rings. The van der Waals surface area contributed by atoms with Crippen LogP contribution >= 0.6 is 0 Å². The first-order valence-corrected chi connectivity index (χ1v) is 13.6. The summed E-state index contributed by atoms with van der Waals surface area (Å²) in [6, 6.07) is 16.6. The number of nitrogens with zero attached hydrogens (tertiary/aromatic N) is 1. The average molecular weight is 476 g/mol. The van der Waals surface area contributed by atoms with Gasteiger partial charge in [0.1, 0.15) is 0 Å². The molecule has 2 N–H and O–H groups in total. The lowest BCUT2D eigenvalue weighted by atomic mass is 9.74. The van der Waals surface area contributed by atoms with E-state index in [-0.39, 0.29) is 23.1 Å². The van der Waals surface area contributed by atoms with Gasteiger partial charge in [0.05, 0.1) is 6.42 Å². The minimum atomic E-state index is 0.0383. The highest BCUT2D eigenvalue weighted by atomic mass is 16.2. The number of piperidine rings is 1. The Morgan fingerprint density at radius 2 is 1.71 bits per heavy atom. The van der Waals surface area contributed by atoms with Crippen molar-refractivity contribution in [3.05, 3.63) is 65.2 Å². The maximum absolute atomic E-state index is 13.2. The fourth-order valence-corrected chi connectivity index (χ4v) is 6.05. The smallest absolute Gasteiger partial charge is 0.227 e. The van der Waals surface area contributed by atoms with E-state index < -0.39 is 0 Å². The Morgan fingerprint density at radius 3 is 2.54 bits per heavy atom. The SMILES string of the molecule is CC.O=C(Nc1ccccc1CC(=O)N1CCC2(CCc3ccccc32)CC1)C1CCCNCC1. The normalized spacial score (nSPS) is 20.9. The number of likely N-dealkylation sites (tertiary alicyclic amines) is 1. The molecule has 2 aromatic carbocycles. The quantitative estimate of drug-likeness (QED) is 0.648. The number of hydrogen-bond acceptors (Lipinski definition) is 3. The van der Waals surface area contributed by atoms with Gasteiger partial charge in [0.25, 0.3) is 0 Å². The second-order valence-corrected chi connectivity index (χ2v) is 10.0. The van der Waals surface area contributed by atoms with Crippen LogP contribution in [0.2, 0.25) is 0 Å². The fraction of sp³-hybridized carbons (Fsp3) is 0.533. The number of anilines is 1. The van der Waals surface area contributed by atoms with Crippen molar-refractivity contribution >= 4 is 17.5 Å². The summed E-state index contributed by atoms with van der Waals surface area (Å²) in [7, 11) is 0. The van der Waals surface area contributed by atoms with E-state index in [9.17, 15) is 9.59 Å². The molecule has 5 rings (SSSR count). The molecule has 1 spiro atoms. The minimum Gasteiger partial charge on any atom is -0.342 e. The first-order chi connectivity index (χ1) is 17.1. The van der Waals surface area contributed by atoms with Crippen LogP contribution in [0.15, 0.2) is 48.5 Å². The van der Waals surface area contributed by atoms with Crippen LogP contribution in [0.1, 0.15) is 69.1 Å². The lowest BCUT2D eigenvalue weighted by molar-refractivity contribution is -0.132. The van der Waals surface area contributed by atoms with Crippen LogP contribution in [0.5, 0.6) is 0 Å². The molecule has 2 heterocycles. The van der Waals surface area contributed by atoms with Gasteiger partial charge in [0.2, 0.25) is 11.8 Å². The van der Waals surface area contributed by atoms with Gasteiger partial charge in [-0.15, -0.1) is 0 Å². The number of para-hydroxylation sites is 1. The van der Waals surface area contributed by atoms with Crippen molar-refractivity contribution in [3.8, 4) is 0 Å². The molecule has 0 bridgehead atoms. The van der Waals surface area contributed by atoms with Crippen LogP contribution < -0.4 is 10.6 Å². The van der Waals surface area contributed by atoms with E-state index in [2.05, 4.69) is 34.9 Å². The minimum absolute atomic E-state index is 0.0383. The second-order valence-electron chi connectivity index (χ2n) is 10.0. The number of nitrogens with one attached hydrogen (secondary N) is 2. The summed E-state index contributed by atoms with van der Waals surface area (Å²) in [5, 5.41) is 6.49. The molecule has 1 unspecified atom stereocenters. The number of rotatable bonds is 4. The Labute approximate surface area is 210 Å². The zero-order valence-electron chi connectivity index (χ0n) is 21.4. The Bertz CT molecular complexity index is 1000. The Hall–Kier alpha value is -2.66. The van der Waals surface area contributed by atoms with E-state index in [4.69, 9.17) is 0 Å². The van der Waals surface area contributed by atoms with E-state index >= 15 is 0 Å². The fourth-order valence-electron chi connectivity index (χ4n) is 6.05. The van der Waals surface area contributed by atoms with E-state index in [1.807, 2.05) is 43.0 Å². The molecule has 0 aromatic heterocycles. The van der Waals surface area contributed by atoms with Gasteiger partial charge in [0, 0.05) is 24.7 Å². The molecular formula is C30H41N3O2. The van der Waals surface area contributed by atoms with Crippen molar-refractivity contribution in [1.82, 2.24) is 10.2 Å². The molecule has 188 valence electrons. The molecular weight excluding hydrogens is 434 g/mol. The first-order valence-electron chi connectivity index (χ1n) is 13.6. The highest BCUT2D eigenvalue weighted by Crippen LogP contribution is 2.46. The predicted octanol–water partition coefficient (Wildman–Crippen LogP) is 5.09. The van der Waals surface area contributed by atoms with Gasteiger partial charge in [-0.3, -0.25) is 9.59 Å². The number of benzene rings is 2. The lowest BCUT2D eigenvalue weighted by Crippen LogP contribution is -2.45. The van der Waals surface area contributed by atoms with Crippen molar-refractivity contribution in [2.75, 3.05) is 31.5 Å². The van der Waals surface area contributed by atoms with Gasteiger partial charge in [0.15, 0.2) is 0 Å². The number of amides is 2. The van der Waals surface area contributed by atoms with Crippen molar-refractivity contribution in [2.24, 2.45) is 5.92 Å². The van der Waals surface area contributed by atoms with Gasteiger partial charge in [-0.05, 0) is 86.2 Å². The highest BCUT2D eigenvalue weighted by molar-refractivity contribution is 5.94. The summed E-state index contributed by atoms with van der Waals surface area (Å²) >= 11 is 0. The molecule has 2 aliphatic heterocycles. The number of fused-ring (bicyclic) bond motifs is 2. The first kappa shape index (κ1) is 25.4. The van der Waals surface area contributed by atoms with Gasteiger partial charge in [-0.2, -0.15) is 0 Å². The zero-order chi connectivity index (χ0) is 24.7. The third-order valence-electron chi connectivity index (χ3n) is 8.10. The molecule has 2 saturated heterocycles. The number of aryl methyl sites for hydroxylation is 1. The van der Waals surface area contributed by atoms with Crippen LogP contribution in [0.25, 0.3) is 0 Å². The monoisotopic (exact) mass is 475 g/mol. The summed E-state index contributed by atoms with van der Waals surface area (Å²) in [5.74, 6) is 0.284. The maximum atomic E-state index is 13.2. The van der Waals surface area contributed by atoms with Crippen LogP contribution in [-0.4, -0.2) is 42.9 Å². The van der Waals surface area contributed by atoms with Crippen molar-refractivity contribution in [1.29, 1.82) is 0 Å². The number of hydrogen-bond donors (Lipinski definition) is 2. The third kappa shape index (κ3) is 5.78. The summed E-state index contributed by atoms with van der Waals surface area (Å²) in [6.07, 6.45) is 7.61. The molecule has 0 radical (unpaired) electrons. The standard InChI is InChI=1S/C28H35N3O2.C2H6/c32-26(31-18-14-28(15-19-31)13-11-21-6-1-3-9-24(21)28)20-23-7-2-4-10-25(23)30-27(33)22-8-5-16-29-17-12-22;1-2/h1-4,6-7,9-10,22,29H,5,8,11-20H2,(H,30,33);1-2H3. The van der Waals surface area contributed by atoms with Crippen LogP contribution in [0.3, 0.4) is 0 Å². The topological polar surface area (TPSA) is 61.4 Å². The Balaban J connectivity index is 0.00000141. The lowest BCUT2D eigenvalue weighted by Gasteiger charge is -2.40. The van der Waals surface area contributed by atoms with Crippen molar-refractivity contribution < 1.29 is 9.59 Å². The summed E-state index contributed by atoms with van der Waals surface area (Å²) in [6.45, 7) is 7.50. The maximum Gasteiger partial charge on any atom is 0.227 e. The van der Waals surface area contributed by atoms with Crippen LogP contribution in [0, 0.1) is 5.92 Å². The molecule has 2 aromatic rings. The van der Waals surface area contributed by atoms with E-state index in [0.717, 1.165) is 76.0 Å². The zero-order valence-corrected chi connectivity index (χ0v) is 21.4. The average Bonchev–Trinajstić information content (AvgIpc) is 3.06. The number of carbonyl (C=O) groups excluding carboxylic acids is 2. The molecule has 0 saturated carbocycles. The summed E-state index contributed by atoms with van der Waals surface area (Å²) in [5.41, 5.74) is 4.96. The molecule has 2 amide bonds. The molecule has 5 heteroatoms. The molecule has 3 aliphatic rings. The molecule has 35 heavy (non-hydrogen) atoms. The van der Waals surface area contributed by atoms with Gasteiger partial charge < -0.3 is 15.5 Å². The van der Waals surface area contributed by atoms with Crippen LogP contribution in [0.4, 0.5) is 5.69 Å². The molecule has 1 atom stereocenters. The molecule has 5 nitrogen and oxygen atoms in total. The van der Waals surface area contributed by atoms with Gasteiger partial charge in [-0.25, -0.2) is 0 Å². The predicted molar refractivity (Wildman–Crippen MR) is 143 cm³/mol. The Morgan fingerprint density at radius 1 is 0.971 bits per heavy atom. The molecule has 1 aliphatic carbocycles. The second kappa shape index (κ2) is 11.9. The van der Waals surface area contributed by atoms with E-state index in [1.54, 1.807) is 0 Å². The van der Waals surface area contributed by atoms with E-state index in [1.165, 1.54) is 17.5 Å². The Kier molecular flexibility index (Phi) is 8.61. The van der Waals surface area contributed by atoms with Gasteiger partial charge in [-0.1, -0.05) is 56.3 Å². The summed E-state index contributed by atoms with van der Waals surface area (Å²) in [4.78, 5) is 28.1. The largest absolute Gasteiger partial charge is 0.342 e.